The van der Waals surface area contributed by atoms with Crippen LogP contribution < -0.4 is 4.72 Å². The highest BCUT2D eigenvalue weighted by molar-refractivity contribution is 7.88. The molecule has 106 valence electrons. The molecule has 1 atom stereocenters. The van der Waals surface area contributed by atoms with Gasteiger partial charge in [-0.3, -0.25) is 0 Å². The van der Waals surface area contributed by atoms with E-state index in [9.17, 15) is 8.42 Å². The monoisotopic (exact) mass is 285 g/mol. The van der Waals surface area contributed by atoms with E-state index in [1.165, 1.54) is 19.1 Å². The summed E-state index contributed by atoms with van der Waals surface area (Å²) in [4.78, 5) is 2.36. The summed E-state index contributed by atoms with van der Waals surface area (Å²) in [5.41, 5.74) is 0.445. The highest BCUT2D eigenvalue weighted by Crippen LogP contribution is 2.30. The SMILES string of the molecule is O=S(=O)(Cc1ccon1)NC1CCN(CC2CC2)C1. The Bertz CT molecular complexity index is 510. The summed E-state index contributed by atoms with van der Waals surface area (Å²) in [6.07, 6.45) is 4.95. The molecule has 6 nitrogen and oxygen atoms in total. The summed E-state index contributed by atoms with van der Waals surface area (Å²) in [5.74, 6) is 0.744. The minimum absolute atomic E-state index is 0.0376. The molecule has 0 spiro atoms. The van der Waals surface area contributed by atoms with Gasteiger partial charge in [0.2, 0.25) is 10.0 Å². The second-order valence-corrected chi connectivity index (χ2v) is 7.31. The Balaban J connectivity index is 1.50. The molecule has 1 saturated heterocycles. The van der Waals surface area contributed by atoms with Gasteiger partial charge in [-0.1, -0.05) is 5.16 Å². The molecule has 1 N–H and O–H groups in total. The number of hydrogen-bond acceptors (Lipinski definition) is 5. The summed E-state index contributed by atoms with van der Waals surface area (Å²) in [5, 5.41) is 3.63. The smallest absolute Gasteiger partial charge is 0.217 e. The van der Waals surface area contributed by atoms with Gasteiger partial charge >= 0.3 is 0 Å². The van der Waals surface area contributed by atoms with Crippen molar-refractivity contribution < 1.29 is 12.9 Å². The number of likely N-dealkylation sites (tertiary alicyclic amines) is 1. The van der Waals surface area contributed by atoms with E-state index in [0.717, 1.165) is 32.0 Å². The van der Waals surface area contributed by atoms with Gasteiger partial charge in [-0.05, 0) is 31.7 Å². The third-order valence-electron chi connectivity index (χ3n) is 3.66. The van der Waals surface area contributed by atoms with E-state index in [4.69, 9.17) is 0 Å². The fourth-order valence-electron chi connectivity index (χ4n) is 2.56. The van der Waals surface area contributed by atoms with Gasteiger partial charge in [0.15, 0.2) is 0 Å². The zero-order valence-electron chi connectivity index (χ0n) is 10.8. The van der Waals surface area contributed by atoms with Crippen molar-refractivity contribution in [1.29, 1.82) is 0 Å². The predicted molar refractivity (Wildman–Crippen MR) is 69.8 cm³/mol. The molecule has 1 unspecified atom stereocenters. The Morgan fingerprint density at radius 2 is 2.26 bits per heavy atom. The molecule has 0 aromatic carbocycles. The van der Waals surface area contributed by atoms with E-state index in [2.05, 4.69) is 19.3 Å². The maximum Gasteiger partial charge on any atom is 0.217 e. The van der Waals surface area contributed by atoms with Crippen LogP contribution in [-0.4, -0.2) is 44.2 Å². The van der Waals surface area contributed by atoms with Crippen molar-refractivity contribution in [3.05, 3.63) is 18.0 Å². The summed E-state index contributed by atoms with van der Waals surface area (Å²) in [6.45, 7) is 2.95. The van der Waals surface area contributed by atoms with E-state index in [-0.39, 0.29) is 11.8 Å². The van der Waals surface area contributed by atoms with Crippen LogP contribution in [0.4, 0.5) is 0 Å². The molecule has 1 aliphatic carbocycles. The molecule has 7 heteroatoms. The van der Waals surface area contributed by atoms with E-state index in [1.54, 1.807) is 6.07 Å². The third-order valence-corrected chi connectivity index (χ3v) is 5.03. The molecule has 0 amide bonds. The first-order chi connectivity index (χ1) is 9.11. The molecule has 0 bridgehead atoms. The van der Waals surface area contributed by atoms with Gasteiger partial charge in [-0.15, -0.1) is 0 Å². The maximum absolute atomic E-state index is 12.0. The van der Waals surface area contributed by atoms with Crippen molar-refractivity contribution in [2.24, 2.45) is 5.92 Å². The first kappa shape index (κ1) is 13.1. The first-order valence-electron chi connectivity index (χ1n) is 6.72. The Kier molecular flexibility index (Phi) is 3.60. The van der Waals surface area contributed by atoms with Crippen LogP contribution in [0.3, 0.4) is 0 Å². The molecule has 19 heavy (non-hydrogen) atoms. The van der Waals surface area contributed by atoms with Gasteiger partial charge in [0.25, 0.3) is 0 Å². The second-order valence-electron chi connectivity index (χ2n) is 5.56. The molecular formula is C12H19N3O3S. The summed E-state index contributed by atoms with van der Waals surface area (Å²) < 4.78 is 31.4. The predicted octanol–water partition coefficient (Wildman–Crippen LogP) is 0.578. The first-order valence-corrected chi connectivity index (χ1v) is 8.37. The van der Waals surface area contributed by atoms with Gasteiger partial charge in [-0.2, -0.15) is 0 Å². The summed E-state index contributed by atoms with van der Waals surface area (Å²) in [7, 11) is -3.32. The van der Waals surface area contributed by atoms with Crippen molar-refractivity contribution in [2.75, 3.05) is 19.6 Å². The molecule has 2 fully saturated rings. The normalized spacial score (nSPS) is 24.9. The number of rotatable bonds is 6. The van der Waals surface area contributed by atoms with Crippen LogP contribution in [-0.2, 0) is 15.8 Å². The molecule has 1 aliphatic heterocycles. The molecule has 1 aromatic rings. The van der Waals surface area contributed by atoms with Crippen molar-refractivity contribution in [2.45, 2.75) is 31.1 Å². The van der Waals surface area contributed by atoms with E-state index >= 15 is 0 Å². The molecule has 2 aliphatic rings. The van der Waals surface area contributed by atoms with Crippen molar-refractivity contribution in [1.82, 2.24) is 14.8 Å². The van der Waals surface area contributed by atoms with Crippen LogP contribution in [0.2, 0.25) is 0 Å². The van der Waals surface area contributed by atoms with Gasteiger partial charge < -0.3 is 9.42 Å². The Morgan fingerprint density at radius 3 is 2.95 bits per heavy atom. The fourth-order valence-corrected chi connectivity index (χ4v) is 3.88. The largest absolute Gasteiger partial charge is 0.364 e. The van der Waals surface area contributed by atoms with Crippen LogP contribution >= 0.6 is 0 Å². The van der Waals surface area contributed by atoms with E-state index < -0.39 is 10.0 Å². The molecule has 3 rings (SSSR count). The van der Waals surface area contributed by atoms with Gasteiger partial charge in [0.05, 0.1) is 5.69 Å². The quantitative estimate of drug-likeness (QED) is 0.827. The molecule has 2 heterocycles. The minimum atomic E-state index is -3.32. The minimum Gasteiger partial charge on any atom is -0.364 e. The third kappa shape index (κ3) is 3.77. The lowest BCUT2D eigenvalue weighted by Crippen LogP contribution is -2.38. The highest BCUT2D eigenvalue weighted by Gasteiger charge is 2.31. The lowest BCUT2D eigenvalue weighted by molar-refractivity contribution is 0.318. The number of hydrogen-bond donors (Lipinski definition) is 1. The molecule has 1 aromatic heterocycles. The van der Waals surface area contributed by atoms with Crippen LogP contribution in [0.15, 0.2) is 16.9 Å². The van der Waals surface area contributed by atoms with Crippen molar-refractivity contribution in [3.63, 3.8) is 0 Å². The number of aromatic nitrogens is 1. The van der Waals surface area contributed by atoms with E-state index in [1.807, 2.05) is 0 Å². The van der Waals surface area contributed by atoms with Crippen LogP contribution in [0.5, 0.6) is 0 Å². The Labute approximate surface area is 113 Å². The summed E-state index contributed by atoms with van der Waals surface area (Å²) in [6, 6.07) is 1.61. The zero-order chi connectivity index (χ0) is 13.3. The maximum atomic E-state index is 12.0. The van der Waals surface area contributed by atoms with E-state index in [0.29, 0.717) is 5.69 Å². The van der Waals surface area contributed by atoms with Crippen LogP contribution in [0.25, 0.3) is 0 Å². The molecular weight excluding hydrogens is 266 g/mol. The lowest BCUT2D eigenvalue weighted by Gasteiger charge is -2.16. The number of nitrogens with zero attached hydrogens (tertiary/aromatic N) is 2. The highest BCUT2D eigenvalue weighted by atomic mass is 32.2. The zero-order valence-corrected chi connectivity index (χ0v) is 11.6. The number of nitrogens with one attached hydrogen (secondary N) is 1. The van der Waals surface area contributed by atoms with Gasteiger partial charge in [-0.25, -0.2) is 13.1 Å². The molecule has 1 saturated carbocycles. The Morgan fingerprint density at radius 1 is 1.42 bits per heavy atom. The average Bonchev–Trinajstić information content (AvgIpc) is 2.82. The van der Waals surface area contributed by atoms with Crippen LogP contribution in [0.1, 0.15) is 25.0 Å². The van der Waals surface area contributed by atoms with Crippen molar-refractivity contribution in [3.8, 4) is 0 Å². The molecule has 0 radical (unpaired) electrons. The van der Waals surface area contributed by atoms with Gasteiger partial charge in [0, 0.05) is 25.2 Å². The second kappa shape index (κ2) is 5.22. The standard InChI is InChI=1S/C12H19N3O3S/c16-19(17,9-12-4-6-18-13-12)14-11-3-5-15(8-11)7-10-1-2-10/h4,6,10-11,14H,1-3,5,7-9H2. The topological polar surface area (TPSA) is 75.4 Å². The van der Waals surface area contributed by atoms with Gasteiger partial charge in [0.1, 0.15) is 12.0 Å². The number of sulfonamides is 1. The summed E-state index contributed by atoms with van der Waals surface area (Å²) >= 11 is 0. The van der Waals surface area contributed by atoms with Crippen LogP contribution in [0, 0.1) is 5.92 Å². The Hall–Kier alpha value is -0.920. The fraction of sp³-hybridized carbons (Fsp3) is 0.750. The average molecular weight is 285 g/mol. The van der Waals surface area contributed by atoms with Crippen molar-refractivity contribution >= 4 is 10.0 Å². The lowest BCUT2D eigenvalue weighted by atomic mass is 10.3.